The summed E-state index contributed by atoms with van der Waals surface area (Å²) in [5.41, 5.74) is -0.952. The third kappa shape index (κ3) is 6.20. The van der Waals surface area contributed by atoms with Crippen molar-refractivity contribution in [2.24, 2.45) is 0 Å². The molecule has 2 aromatic rings. The molecule has 1 aromatic heterocycles. The van der Waals surface area contributed by atoms with Crippen LogP contribution >= 0.6 is 11.5 Å². The van der Waals surface area contributed by atoms with Crippen LogP contribution in [0.1, 0.15) is 58.6 Å². The van der Waals surface area contributed by atoms with Crippen molar-refractivity contribution in [1.82, 2.24) is 19.9 Å². The van der Waals surface area contributed by atoms with Crippen molar-refractivity contribution in [2.45, 2.75) is 62.9 Å². The second kappa shape index (κ2) is 10.2. The van der Waals surface area contributed by atoms with Gasteiger partial charge in [0.15, 0.2) is 0 Å². The fourth-order valence-electron chi connectivity index (χ4n) is 4.89. The summed E-state index contributed by atoms with van der Waals surface area (Å²) < 4.78 is 42.8. The van der Waals surface area contributed by atoms with E-state index in [4.69, 9.17) is 0 Å². The van der Waals surface area contributed by atoms with Gasteiger partial charge >= 0.3 is 6.18 Å². The molecule has 0 spiro atoms. The second-order valence-electron chi connectivity index (χ2n) is 9.40. The normalized spacial score (nSPS) is 25.4. The largest absolute Gasteiger partial charge is 0.416 e. The molecule has 1 aliphatic heterocycles. The highest BCUT2D eigenvalue weighted by Crippen LogP contribution is 2.41. The molecule has 2 heterocycles. The third-order valence-corrected chi connectivity index (χ3v) is 7.91. The van der Waals surface area contributed by atoms with Crippen LogP contribution in [0.3, 0.4) is 0 Å². The van der Waals surface area contributed by atoms with Gasteiger partial charge in [-0.1, -0.05) is 6.07 Å². The van der Waals surface area contributed by atoms with Gasteiger partial charge in [-0.25, -0.2) is 0 Å². The molecule has 2 fully saturated rings. The van der Waals surface area contributed by atoms with E-state index in [-0.39, 0.29) is 24.1 Å². The molecule has 1 atom stereocenters. The summed E-state index contributed by atoms with van der Waals surface area (Å²) in [5.74, 6) is -1.11. The molecule has 2 amide bonds. The lowest BCUT2D eigenvalue weighted by atomic mass is 9.80. The van der Waals surface area contributed by atoms with Gasteiger partial charge in [0.05, 0.1) is 22.7 Å². The lowest BCUT2D eigenvalue weighted by Crippen LogP contribution is -2.45. The van der Waals surface area contributed by atoms with Crippen LogP contribution in [0.25, 0.3) is 0 Å². The van der Waals surface area contributed by atoms with E-state index in [1.165, 1.54) is 17.6 Å². The van der Waals surface area contributed by atoms with Crippen molar-refractivity contribution in [3.8, 4) is 0 Å². The van der Waals surface area contributed by atoms with E-state index in [0.717, 1.165) is 54.6 Å². The molecule has 1 saturated carbocycles. The minimum atomic E-state index is -4.54. The molecule has 4 rings (SSSR count). The first-order chi connectivity index (χ1) is 16.5. The topological polar surface area (TPSA) is 94.6 Å². The summed E-state index contributed by atoms with van der Waals surface area (Å²) in [5, 5.41) is 16.3. The first kappa shape index (κ1) is 25.6. The Morgan fingerprint density at radius 2 is 1.97 bits per heavy atom. The Morgan fingerprint density at radius 3 is 2.63 bits per heavy atom. The summed E-state index contributed by atoms with van der Waals surface area (Å²) in [4.78, 5) is 27.8. The molecule has 1 unspecified atom stereocenters. The van der Waals surface area contributed by atoms with Crippen LogP contribution in [-0.4, -0.2) is 57.9 Å². The predicted octanol–water partition coefficient (Wildman–Crippen LogP) is 3.22. The zero-order valence-corrected chi connectivity index (χ0v) is 20.2. The van der Waals surface area contributed by atoms with Gasteiger partial charge in [-0.2, -0.15) is 17.5 Å². The zero-order valence-electron chi connectivity index (χ0n) is 19.4. The number of nitrogens with one attached hydrogen (secondary N) is 2. The SMILES string of the molecule is Cc1cc(C2(O)CCC(N3CCC(NC(=O)CNC(=O)c4cccc(C(F)(F)F)c4)C3)CC2)sn1. The number of amides is 2. The van der Waals surface area contributed by atoms with Crippen LogP contribution in [-0.2, 0) is 16.6 Å². The Kier molecular flexibility index (Phi) is 7.48. The van der Waals surface area contributed by atoms with Gasteiger partial charge in [-0.3, -0.25) is 14.5 Å². The molecule has 7 nitrogen and oxygen atoms in total. The van der Waals surface area contributed by atoms with E-state index in [1.807, 2.05) is 13.0 Å². The van der Waals surface area contributed by atoms with Gasteiger partial charge < -0.3 is 15.7 Å². The molecule has 1 saturated heterocycles. The van der Waals surface area contributed by atoms with E-state index in [0.29, 0.717) is 25.4 Å². The summed E-state index contributed by atoms with van der Waals surface area (Å²) in [6, 6.07) is 6.34. The number of halogens is 3. The lowest BCUT2D eigenvalue weighted by molar-refractivity contribution is -0.137. The number of carbonyl (C=O) groups is 2. The standard InChI is InChI=1S/C24H29F3N4O3S/c1-15-11-20(35-30-15)23(34)8-5-19(6-9-23)31-10-7-18(14-31)29-21(32)13-28-22(33)16-3-2-4-17(12-16)24(25,26)27/h2-4,11-12,18-19,34H,5-10,13-14H2,1H3,(H,28,33)(H,29,32). The summed E-state index contributed by atoms with van der Waals surface area (Å²) in [6.07, 6.45) is -0.688. The number of hydrogen-bond acceptors (Lipinski definition) is 6. The number of rotatable bonds is 6. The van der Waals surface area contributed by atoms with Gasteiger partial charge in [0.1, 0.15) is 5.60 Å². The molecule has 1 aromatic carbocycles. The Labute approximate surface area is 205 Å². The van der Waals surface area contributed by atoms with E-state index in [9.17, 15) is 27.9 Å². The minimum absolute atomic E-state index is 0.0575. The summed E-state index contributed by atoms with van der Waals surface area (Å²) >= 11 is 1.36. The zero-order chi connectivity index (χ0) is 25.2. The molecular formula is C24H29F3N4O3S. The van der Waals surface area contributed by atoms with Crippen molar-refractivity contribution < 1.29 is 27.9 Å². The highest BCUT2D eigenvalue weighted by atomic mass is 32.1. The molecule has 0 bridgehead atoms. The van der Waals surface area contributed by atoms with Crippen LogP contribution in [0.4, 0.5) is 13.2 Å². The smallest absolute Gasteiger partial charge is 0.384 e. The fraction of sp³-hybridized carbons (Fsp3) is 0.542. The minimum Gasteiger partial charge on any atom is -0.384 e. The van der Waals surface area contributed by atoms with Crippen molar-refractivity contribution >= 4 is 23.3 Å². The monoisotopic (exact) mass is 510 g/mol. The number of hydrogen-bond donors (Lipinski definition) is 3. The van der Waals surface area contributed by atoms with E-state index in [2.05, 4.69) is 19.9 Å². The first-order valence-corrected chi connectivity index (χ1v) is 12.5. The maximum Gasteiger partial charge on any atom is 0.416 e. The maximum absolute atomic E-state index is 12.8. The number of aliphatic hydroxyl groups is 1. The Bertz CT molecular complexity index is 1070. The number of aryl methyl sites for hydroxylation is 1. The average molecular weight is 511 g/mol. The van der Waals surface area contributed by atoms with Crippen LogP contribution in [0.5, 0.6) is 0 Å². The average Bonchev–Trinajstić information content (AvgIpc) is 3.47. The van der Waals surface area contributed by atoms with Crippen molar-refractivity contribution in [3.05, 3.63) is 52.0 Å². The van der Waals surface area contributed by atoms with Crippen molar-refractivity contribution in [2.75, 3.05) is 19.6 Å². The van der Waals surface area contributed by atoms with E-state index in [1.54, 1.807) is 0 Å². The fourth-order valence-corrected chi connectivity index (χ4v) is 5.78. The molecule has 3 N–H and O–H groups in total. The van der Waals surface area contributed by atoms with Crippen LogP contribution in [0, 0.1) is 6.92 Å². The quantitative estimate of drug-likeness (QED) is 0.555. The summed E-state index contributed by atoms with van der Waals surface area (Å²) in [7, 11) is 0. The van der Waals surface area contributed by atoms with E-state index < -0.39 is 23.2 Å². The number of carbonyl (C=O) groups excluding carboxylic acids is 2. The van der Waals surface area contributed by atoms with Gasteiger partial charge in [-0.15, -0.1) is 0 Å². The molecule has 11 heteroatoms. The van der Waals surface area contributed by atoms with Crippen molar-refractivity contribution in [3.63, 3.8) is 0 Å². The molecular weight excluding hydrogens is 481 g/mol. The van der Waals surface area contributed by atoms with Gasteiger partial charge in [0, 0.05) is 30.7 Å². The number of benzene rings is 1. The molecule has 1 aliphatic carbocycles. The lowest BCUT2D eigenvalue weighted by Gasteiger charge is -2.39. The van der Waals surface area contributed by atoms with Gasteiger partial charge in [-0.05, 0) is 74.8 Å². The first-order valence-electron chi connectivity index (χ1n) is 11.7. The second-order valence-corrected chi connectivity index (χ2v) is 10.2. The van der Waals surface area contributed by atoms with Crippen LogP contribution in [0.2, 0.25) is 0 Å². The highest BCUT2D eigenvalue weighted by Gasteiger charge is 2.39. The summed E-state index contributed by atoms with van der Waals surface area (Å²) in [6.45, 7) is 3.14. The number of likely N-dealkylation sites (tertiary alicyclic amines) is 1. The Hall–Kier alpha value is -2.50. The highest BCUT2D eigenvalue weighted by molar-refractivity contribution is 7.06. The van der Waals surface area contributed by atoms with Gasteiger partial charge in [0.2, 0.25) is 5.91 Å². The van der Waals surface area contributed by atoms with Crippen LogP contribution in [0.15, 0.2) is 30.3 Å². The molecule has 190 valence electrons. The van der Waals surface area contributed by atoms with Gasteiger partial charge in [0.25, 0.3) is 5.91 Å². The predicted molar refractivity (Wildman–Crippen MR) is 125 cm³/mol. The van der Waals surface area contributed by atoms with Crippen molar-refractivity contribution in [1.29, 1.82) is 0 Å². The Balaban J connectivity index is 1.21. The molecule has 2 aliphatic rings. The van der Waals surface area contributed by atoms with E-state index >= 15 is 0 Å². The third-order valence-electron chi connectivity index (χ3n) is 6.83. The number of nitrogens with zero attached hydrogens (tertiary/aromatic N) is 2. The molecule has 35 heavy (non-hydrogen) atoms. The molecule has 0 radical (unpaired) electrons. The number of aromatic nitrogens is 1. The maximum atomic E-state index is 12.8. The Morgan fingerprint density at radius 1 is 1.23 bits per heavy atom. The number of alkyl halides is 3. The van der Waals surface area contributed by atoms with Crippen LogP contribution < -0.4 is 10.6 Å².